The zero-order chi connectivity index (χ0) is 11.1. The van der Waals surface area contributed by atoms with E-state index in [4.69, 9.17) is 14.7 Å². The SMILES string of the molecule is COCC(=NO)c1ccc(COC)cc1. The minimum atomic E-state index is 0.292. The van der Waals surface area contributed by atoms with Gasteiger partial charge in [-0.2, -0.15) is 0 Å². The van der Waals surface area contributed by atoms with Gasteiger partial charge in [0.2, 0.25) is 0 Å². The van der Waals surface area contributed by atoms with Crippen molar-refractivity contribution in [3.63, 3.8) is 0 Å². The van der Waals surface area contributed by atoms with Gasteiger partial charge < -0.3 is 14.7 Å². The van der Waals surface area contributed by atoms with Gasteiger partial charge in [0.25, 0.3) is 0 Å². The van der Waals surface area contributed by atoms with E-state index >= 15 is 0 Å². The number of nitrogens with zero attached hydrogens (tertiary/aromatic N) is 1. The van der Waals surface area contributed by atoms with E-state index in [9.17, 15) is 0 Å². The number of ether oxygens (including phenoxy) is 2. The predicted octanol–water partition coefficient (Wildman–Crippen LogP) is 1.66. The highest BCUT2D eigenvalue weighted by atomic mass is 16.5. The van der Waals surface area contributed by atoms with E-state index in [2.05, 4.69) is 5.16 Å². The normalized spacial score (nSPS) is 11.7. The van der Waals surface area contributed by atoms with Crippen LogP contribution in [0.5, 0.6) is 0 Å². The topological polar surface area (TPSA) is 51.0 Å². The molecule has 0 bridgehead atoms. The summed E-state index contributed by atoms with van der Waals surface area (Å²) in [5.41, 5.74) is 2.44. The third kappa shape index (κ3) is 3.34. The van der Waals surface area contributed by atoms with Gasteiger partial charge in [-0.05, 0) is 5.56 Å². The second-order valence-corrected chi connectivity index (χ2v) is 3.11. The molecule has 4 nitrogen and oxygen atoms in total. The van der Waals surface area contributed by atoms with Crippen molar-refractivity contribution in [3.05, 3.63) is 35.4 Å². The van der Waals surface area contributed by atoms with Crippen molar-refractivity contribution in [1.29, 1.82) is 0 Å². The first-order valence-electron chi connectivity index (χ1n) is 4.60. The summed E-state index contributed by atoms with van der Waals surface area (Å²) in [7, 11) is 3.21. The number of benzene rings is 1. The van der Waals surface area contributed by atoms with Crippen LogP contribution >= 0.6 is 0 Å². The van der Waals surface area contributed by atoms with Crippen molar-refractivity contribution in [2.75, 3.05) is 20.8 Å². The summed E-state index contributed by atoms with van der Waals surface area (Å²) in [6, 6.07) is 7.62. The molecule has 0 unspecified atom stereocenters. The van der Waals surface area contributed by atoms with Gasteiger partial charge in [-0.1, -0.05) is 29.4 Å². The zero-order valence-corrected chi connectivity index (χ0v) is 8.93. The fraction of sp³-hybridized carbons (Fsp3) is 0.364. The Hall–Kier alpha value is -1.39. The minimum Gasteiger partial charge on any atom is -0.411 e. The molecule has 4 heteroatoms. The van der Waals surface area contributed by atoms with Crippen LogP contribution < -0.4 is 0 Å². The largest absolute Gasteiger partial charge is 0.411 e. The number of hydrogen-bond donors (Lipinski definition) is 1. The number of hydrogen-bond acceptors (Lipinski definition) is 4. The maximum Gasteiger partial charge on any atom is 0.112 e. The lowest BCUT2D eigenvalue weighted by molar-refractivity contribution is 0.185. The third-order valence-corrected chi connectivity index (χ3v) is 2.00. The molecule has 82 valence electrons. The van der Waals surface area contributed by atoms with Crippen LogP contribution in [0, 0.1) is 0 Å². The molecule has 0 aliphatic heterocycles. The standard InChI is InChI=1S/C11H15NO3/c1-14-7-9-3-5-10(6-4-9)11(12-13)8-15-2/h3-6,13H,7-8H2,1-2H3. The highest BCUT2D eigenvalue weighted by Gasteiger charge is 2.03. The molecule has 1 N–H and O–H groups in total. The van der Waals surface area contributed by atoms with Crippen LogP contribution in [0.4, 0.5) is 0 Å². The fourth-order valence-electron chi connectivity index (χ4n) is 1.27. The van der Waals surface area contributed by atoms with Gasteiger partial charge in [0.15, 0.2) is 0 Å². The second-order valence-electron chi connectivity index (χ2n) is 3.11. The maximum atomic E-state index is 8.77. The average molecular weight is 209 g/mol. The van der Waals surface area contributed by atoms with Gasteiger partial charge >= 0.3 is 0 Å². The summed E-state index contributed by atoms with van der Waals surface area (Å²) < 4.78 is 9.91. The van der Waals surface area contributed by atoms with Crippen molar-refractivity contribution in [3.8, 4) is 0 Å². The molecular weight excluding hydrogens is 194 g/mol. The van der Waals surface area contributed by atoms with Crippen LogP contribution in [0.15, 0.2) is 29.4 Å². The summed E-state index contributed by atoms with van der Waals surface area (Å²) in [6.07, 6.45) is 0. The van der Waals surface area contributed by atoms with Gasteiger partial charge in [0, 0.05) is 19.8 Å². The monoisotopic (exact) mass is 209 g/mol. The maximum absolute atomic E-state index is 8.77. The molecule has 0 saturated carbocycles. The lowest BCUT2D eigenvalue weighted by Crippen LogP contribution is -2.08. The Morgan fingerprint density at radius 1 is 1.20 bits per heavy atom. The Balaban J connectivity index is 2.78. The van der Waals surface area contributed by atoms with Crippen LogP contribution in [0.1, 0.15) is 11.1 Å². The van der Waals surface area contributed by atoms with Crippen LogP contribution in [-0.2, 0) is 16.1 Å². The quantitative estimate of drug-likeness (QED) is 0.456. The summed E-state index contributed by atoms with van der Waals surface area (Å²) in [6.45, 7) is 0.871. The molecule has 0 spiro atoms. The van der Waals surface area contributed by atoms with Gasteiger partial charge in [-0.3, -0.25) is 0 Å². The second kappa shape index (κ2) is 6.16. The van der Waals surface area contributed by atoms with Crippen molar-refractivity contribution < 1.29 is 14.7 Å². The van der Waals surface area contributed by atoms with E-state index in [1.165, 1.54) is 0 Å². The molecule has 0 aliphatic carbocycles. The fourth-order valence-corrected chi connectivity index (χ4v) is 1.27. The Labute approximate surface area is 89.1 Å². The smallest absolute Gasteiger partial charge is 0.112 e. The predicted molar refractivity (Wildman–Crippen MR) is 57.4 cm³/mol. The summed E-state index contributed by atoms with van der Waals surface area (Å²) in [5, 5.41) is 12.0. The molecular formula is C11H15NO3. The average Bonchev–Trinajstić information content (AvgIpc) is 2.28. The molecule has 0 atom stereocenters. The number of rotatable bonds is 5. The van der Waals surface area contributed by atoms with Crippen LogP contribution in [0.2, 0.25) is 0 Å². The van der Waals surface area contributed by atoms with Gasteiger partial charge in [-0.15, -0.1) is 0 Å². The van der Waals surface area contributed by atoms with E-state index in [1.54, 1.807) is 14.2 Å². The van der Waals surface area contributed by atoms with Gasteiger partial charge in [-0.25, -0.2) is 0 Å². The molecule has 15 heavy (non-hydrogen) atoms. The molecule has 0 heterocycles. The van der Waals surface area contributed by atoms with Crippen molar-refractivity contribution >= 4 is 5.71 Å². The molecule has 0 saturated heterocycles. The van der Waals surface area contributed by atoms with Gasteiger partial charge in [0.1, 0.15) is 5.71 Å². The zero-order valence-electron chi connectivity index (χ0n) is 8.93. The first kappa shape index (κ1) is 11.7. The van der Waals surface area contributed by atoms with Crippen LogP contribution in [-0.4, -0.2) is 31.7 Å². The highest BCUT2D eigenvalue weighted by Crippen LogP contribution is 2.07. The molecule has 1 aromatic carbocycles. The van der Waals surface area contributed by atoms with Crippen LogP contribution in [0.3, 0.4) is 0 Å². The van der Waals surface area contributed by atoms with E-state index in [1.807, 2.05) is 24.3 Å². The molecule has 0 aromatic heterocycles. The van der Waals surface area contributed by atoms with E-state index in [0.717, 1.165) is 11.1 Å². The van der Waals surface area contributed by atoms with Gasteiger partial charge in [0.05, 0.1) is 13.2 Å². The molecule has 1 rings (SSSR count). The van der Waals surface area contributed by atoms with E-state index in [0.29, 0.717) is 18.9 Å². The summed E-state index contributed by atoms with van der Waals surface area (Å²) in [4.78, 5) is 0. The molecule has 0 aliphatic rings. The lowest BCUT2D eigenvalue weighted by Gasteiger charge is -2.04. The third-order valence-electron chi connectivity index (χ3n) is 2.00. The molecule has 0 amide bonds. The number of oxime groups is 1. The Morgan fingerprint density at radius 2 is 1.87 bits per heavy atom. The number of methoxy groups -OCH3 is 2. The van der Waals surface area contributed by atoms with E-state index in [-0.39, 0.29) is 0 Å². The van der Waals surface area contributed by atoms with E-state index < -0.39 is 0 Å². The lowest BCUT2D eigenvalue weighted by atomic mass is 10.1. The first-order valence-corrected chi connectivity index (χ1v) is 4.60. The van der Waals surface area contributed by atoms with Crippen molar-refractivity contribution in [1.82, 2.24) is 0 Å². The Kier molecular flexibility index (Phi) is 4.80. The molecule has 0 fully saturated rings. The Bertz CT molecular complexity index is 319. The Morgan fingerprint density at radius 3 is 2.33 bits per heavy atom. The first-order chi connectivity index (χ1) is 7.31. The minimum absolute atomic E-state index is 0.292. The molecule has 1 aromatic rings. The summed E-state index contributed by atoms with van der Waals surface area (Å²) >= 11 is 0. The summed E-state index contributed by atoms with van der Waals surface area (Å²) in [5.74, 6) is 0. The molecule has 0 radical (unpaired) electrons. The van der Waals surface area contributed by atoms with Crippen molar-refractivity contribution in [2.24, 2.45) is 5.16 Å². The van der Waals surface area contributed by atoms with Crippen LogP contribution in [0.25, 0.3) is 0 Å². The van der Waals surface area contributed by atoms with Crippen molar-refractivity contribution in [2.45, 2.75) is 6.61 Å². The highest BCUT2D eigenvalue weighted by molar-refractivity contribution is 6.01.